The first-order chi connectivity index (χ1) is 9.04. The lowest BCUT2D eigenvalue weighted by molar-refractivity contribution is -0.116. The van der Waals surface area contributed by atoms with Crippen LogP contribution in [0.15, 0.2) is 41.8 Å². The molecular formula is C15H22N2OS. The zero-order chi connectivity index (χ0) is 14.3. The summed E-state index contributed by atoms with van der Waals surface area (Å²) in [5.74, 6) is 1.09. The van der Waals surface area contributed by atoms with Gasteiger partial charge in [-0.15, -0.1) is 18.3 Å². The molecule has 0 aliphatic rings. The Labute approximate surface area is 119 Å². The van der Waals surface area contributed by atoms with Crippen molar-refractivity contribution in [1.82, 2.24) is 0 Å². The summed E-state index contributed by atoms with van der Waals surface area (Å²) in [5, 5.41) is 2.93. The molecule has 1 aromatic carbocycles. The number of nitrogens with two attached hydrogens (primary N) is 1. The molecular weight excluding hydrogens is 256 g/mol. The first-order valence-corrected chi connectivity index (χ1v) is 7.41. The van der Waals surface area contributed by atoms with Crippen LogP contribution in [0.3, 0.4) is 0 Å². The molecule has 3 N–H and O–H groups in total. The van der Waals surface area contributed by atoms with Gasteiger partial charge in [0.15, 0.2) is 0 Å². The van der Waals surface area contributed by atoms with Crippen molar-refractivity contribution in [2.45, 2.75) is 31.2 Å². The van der Waals surface area contributed by atoms with Crippen molar-refractivity contribution >= 4 is 23.4 Å². The van der Waals surface area contributed by atoms with Crippen LogP contribution in [0.25, 0.3) is 0 Å². The van der Waals surface area contributed by atoms with E-state index < -0.39 is 0 Å². The lowest BCUT2D eigenvalue weighted by Gasteiger charge is -2.16. The van der Waals surface area contributed by atoms with Crippen molar-refractivity contribution in [3.8, 4) is 0 Å². The third-order valence-electron chi connectivity index (χ3n) is 2.80. The van der Waals surface area contributed by atoms with E-state index in [-0.39, 0.29) is 11.9 Å². The molecule has 0 aromatic heterocycles. The molecule has 1 amide bonds. The summed E-state index contributed by atoms with van der Waals surface area (Å²) in [4.78, 5) is 13.0. The van der Waals surface area contributed by atoms with Gasteiger partial charge in [0.25, 0.3) is 0 Å². The fraction of sp³-hybridized carbons (Fsp3) is 0.400. The Morgan fingerprint density at radius 3 is 2.79 bits per heavy atom. The molecule has 19 heavy (non-hydrogen) atoms. The van der Waals surface area contributed by atoms with Crippen LogP contribution in [0.4, 0.5) is 5.69 Å². The number of thioether (sulfide) groups is 1. The van der Waals surface area contributed by atoms with Crippen molar-refractivity contribution in [2.24, 2.45) is 11.7 Å². The topological polar surface area (TPSA) is 55.1 Å². The summed E-state index contributed by atoms with van der Waals surface area (Å²) in [6.45, 7) is 7.74. The Morgan fingerprint density at radius 2 is 2.16 bits per heavy atom. The SMILES string of the molecule is C=CCSc1ccccc1NC(=O)CC(N)C(C)C. The Kier molecular flexibility index (Phi) is 6.67. The highest BCUT2D eigenvalue weighted by molar-refractivity contribution is 7.99. The first kappa shape index (κ1) is 15.8. The van der Waals surface area contributed by atoms with E-state index in [9.17, 15) is 4.79 Å². The van der Waals surface area contributed by atoms with E-state index in [1.54, 1.807) is 11.8 Å². The zero-order valence-corrected chi connectivity index (χ0v) is 12.4. The van der Waals surface area contributed by atoms with E-state index in [0.717, 1.165) is 16.3 Å². The van der Waals surface area contributed by atoms with Crippen LogP contribution in [0.1, 0.15) is 20.3 Å². The maximum atomic E-state index is 11.9. The number of amides is 1. The van der Waals surface area contributed by atoms with Crippen molar-refractivity contribution in [3.63, 3.8) is 0 Å². The van der Waals surface area contributed by atoms with Crippen LogP contribution >= 0.6 is 11.8 Å². The minimum Gasteiger partial charge on any atom is -0.327 e. The molecule has 0 saturated carbocycles. The number of hydrogen-bond donors (Lipinski definition) is 2. The smallest absolute Gasteiger partial charge is 0.225 e. The highest BCUT2D eigenvalue weighted by Gasteiger charge is 2.14. The van der Waals surface area contributed by atoms with Crippen molar-refractivity contribution < 1.29 is 4.79 Å². The van der Waals surface area contributed by atoms with Gasteiger partial charge in [-0.2, -0.15) is 0 Å². The summed E-state index contributed by atoms with van der Waals surface area (Å²) in [7, 11) is 0. The molecule has 0 radical (unpaired) electrons. The number of carbonyl (C=O) groups is 1. The molecule has 3 nitrogen and oxygen atoms in total. The highest BCUT2D eigenvalue weighted by Crippen LogP contribution is 2.27. The van der Waals surface area contributed by atoms with Gasteiger partial charge in [-0.25, -0.2) is 0 Å². The average molecular weight is 278 g/mol. The van der Waals surface area contributed by atoms with Crippen LogP contribution in [-0.2, 0) is 4.79 Å². The molecule has 0 spiro atoms. The first-order valence-electron chi connectivity index (χ1n) is 6.42. The maximum Gasteiger partial charge on any atom is 0.225 e. The van der Waals surface area contributed by atoms with Crippen LogP contribution < -0.4 is 11.1 Å². The number of hydrogen-bond acceptors (Lipinski definition) is 3. The normalized spacial score (nSPS) is 12.2. The molecule has 104 valence electrons. The van der Waals surface area contributed by atoms with Gasteiger partial charge in [0.05, 0.1) is 5.69 Å². The van der Waals surface area contributed by atoms with Gasteiger partial charge in [0, 0.05) is 23.1 Å². The molecule has 1 rings (SSSR count). The number of carbonyl (C=O) groups excluding carboxylic acids is 1. The Balaban J connectivity index is 2.65. The molecule has 1 unspecified atom stereocenters. The standard InChI is InChI=1S/C15H22N2OS/c1-4-9-19-14-8-6-5-7-13(14)17-15(18)10-12(16)11(2)3/h4-8,11-12H,1,9-10,16H2,2-3H3,(H,17,18). The molecule has 4 heteroatoms. The zero-order valence-electron chi connectivity index (χ0n) is 11.6. The lowest BCUT2D eigenvalue weighted by atomic mass is 10.0. The number of nitrogens with one attached hydrogen (secondary N) is 1. The number of anilines is 1. The third kappa shape index (κ3) is 5.49. The van der Waals surface area contributed by atoms with Gasteiger partial charge in [-0.05, 0) is 18.1 Å². The average Bonchev–Trinajstić information content (AvgIpc) is 2.37. The van der Waals surface area contributed by atoms with Gasteiger partial charge in [-0.1, -0.05) is 32.1 Å². The summed E-state index contributed by atoms with van der Waals surface area (Å²) >= 11 is 1.65. The summed E-state index contributed by atoms with van der Waals surface area (Å²) in [6, 6.07) is 7.67. The second kappa shape index (κ2) is 8.02. The van der Waals surface area contributed by atoms with E-state index in [2.05, 4.69) is 11.9 Å². The third-order valence-corrected chi connectivity index (χ3v) is 3.86. The minimum atomic E-state index is -0.104. The molecule has 0 saturated heterocycles. The van der Waals surface area contributed by atoms with Crippen LogP contribution in [0.2, 0.25) is 0 Å². The molecule has 0 fully saturated rings. The van der Waals surface area contributed by atoms with E-state index in [1.807, 2.05) is 44.2 Å². The summed E-state index contributed by atoms with van der Waals surface area (Å²) in [5.41, 5.74) is 6.75. The monoisotopic (exact) mass is 278 g/mol. The predicted octanol–water partition coefficient (Wildman–Crippen LogP) is 3.28. The van der Waals surface area contributed by atoms with Crippen molar-refractivity contribution in [1.29, 1.82) is 0 Å². The molecule has 1 atom stereocenters. The predicted molar refractivity (Wildman–Crippen MR) is 83.4 cm³/mol. The largest absolute Gasteiger partial charge is 0.327 e. The van der Waals surface area contributed by atoms with E-state index in [0.29, 0.717) is 12.3 Å². The summed E-state index contributed by atoms with van der Waals surface area (Å²) < 4.78 is 0. The number of para-hydroxylation sites is 1. The second-order valence-corrected chi connectivity index (χ2v) is 5.82. The molecule has 0 aliphatic heterocycles. The van der Waals surface area contributed by atoms with Crippen molar-refractivity contribution in [3.05, 3.63) is 36.9 Å². The molecule has 0 bridgehead atoms. The molecule has 1 aromatic rings. The van der Waals surface area contributed by atoms with E-state index in [4.69, 9.17) is 5.73 Å². The fourth-order valence-electron chi connectivity index (χ4n) is 1.50. The van der Waals surface area contributed by atoms with Gasteiger partial charge in [-0.3, -0.25) is 4.79 Å². The highest BCUT2D eigenvalue weighted by atomic mass is 32.2. The molecule has 0 aliphatic carbocycles. The minimum absolute atomic E-state index is 0.0344. The second-order valence-electron chi connectivity index (χ2n) is 4.76. The fourth-order valence-corrected chi connectivity index (χ4v) is 2.24. The quantitative estimate of drug-likeness (QED) is 0.594. The van der Waals surface area contributed by atoms with Crippen LogP contribution in [-0.4, -0.2) is 17.7 Å². The van der Waals surface area contributed by atoms with Gasteiger partial charge < -0.3 is 11.1 Å². The Morgan fingerprint density at radius 1 is 1.47 bits per heavy atom. The van der Waals surface area contributed by atoms with E-state index in [1.165, 1.54) is 0 Å². The van der Waals surface area contributed by atoms with Crippen molar-refractivity contribution in [2.75, 3.05) is 11.1 Å². The summed E-state index contributed by atoms with van der Waals surface area (Å²) in [6.07, 6.45) is 2.19. The van der Waals surface area contributed by atoms with E-state index >= 15 is 0 Å². The maximum absolute atomic E-state index is 11.9. The Hall–Kier alpha value is -1.26. The van der Waals surface area contributed by atoms with Gasteiger partial charge in [0.1, 0.15) is 0 Å². The number of benzene rings is 1. The van der Waals surface area contributed by atoms with Gasteiger partial charge in [0.2, 0.25) is 5.91 Å². The Bertz CT molecular complexity index is 432. The van der Waals surface area contributed by atoms with Crippen LogP contribution in [0.5, 0.6) is 0 Å². The molecule has 0 heterocycles. The van der Waals surface area contributed by atoms with Gasteiger partial charge >= 0.3 is 0 Å². The number of rotatable bonds is 7. The lowest BCUT2D eigenvalue weighted by Crippen LogP contribution is -2.31. The van der Waals surface area contributed by atoms with Crippen LogP contribution in [0, 0.1) is 5.92 Å².